The van der Waals surface area contributed by atoms with E-state index in [0.717, 1.165) is 18.2 Å². The average Bonchev–Trinajstić information content (AvgIpc) is 3.45. The number of halogens is 2. The molecule has 14 heteroatoms. The van der Waals surface area contributed by atoms with Gasteiger partial charge in [-0.15, -0.1) is 0 Å². The van der Waals surface area contributed by atoms with Crippen LogP contribution in [-0.2, 0) is 9.53 Å². The Bertz CT molecular complexity index is 1990. The number of furan rings is 1. The Labute approximate surface area is 267 Å². The van der Waals surface area contributed by atoms with Crippen molar-refractivity contribution in [3.05, 3.63) is 98.2 Å². The van der Waals surface area contributed by atoms with Gasteiger partial charge in [0.1, 0.15) is 17.6 Å². The van der Waals surface area contributed by atoms with Crippen molar-refractivity contribution in [3.8, 4) is 5.75 Å². The molecule has 1 N–H and O–H groups in total. The third-order valence-corrected chi connectivity index (χ3v) is 9.31. The van der Waals surface area contributed by atoms with Crippen molar-refractivity contribution in [3.63, 3.8) is 0 Å². The standard InChI is InChI=1S/C29H26BrClN4O6S2/c1-5-7-19-23(26(38)40-6-2)24(17-11-15(31)8-9-20(17)39-4)35-25(37)21(42-29(35)33-19)13-16-12-18(30)27(41-16)43-28-32-14(3)10-22(36)34-28/h8-13,24H,5-7H2,1-4H3,(H,32,34,36)/b21-13-/t24-/m0/s1. The topological polar surface area (TPSA) is 129 Å². The maximum absolute atomic E-state index is 14.1. The molecular weight excluding hydrogens is 680 g/mol. The fourth-order valence-corrected chi connectivity index (χ4v) is 7.20. The van der Waals surface area contributed by atoms with Crippen LogP contribution in [0.4, 0.5) is 0 Å². The highest BCUT2D eigenvalue weighted by Crippen LogP contribution is 2.38. The van der Waals surface area contributed by atoms with E-state index in [9.17, 15) is 14.4 Å². The van der Waals surface area contributed by atoms with Gasteiger partial charge in [-0.2, -0.15) is 0 Å². The molecular formula is C29H26BrClN4O6S2. The lowest BCUT2D eigenvalue weighted by atomic mass is 9.93. The van der Waals surface area contributed by atoms with Crippen LogP contribution in [0, 0.1) is 6.92 Å². The fourth-order valence-electron chi connectivity index (χ4n) is 4.66. The van der Waals surface area contributed by atoms with Crippen LogP contribution in [0.3, 0.4) is 0 Å². The predicted octanol–water partition coefficient (Wildman–Crippen LogP) is 5.14. The zero-order chi connectivity index (χ0) is 30.8. The van der Waals surface area contributed by atoms with Crippen LogP contribution in [0.25, 0.3) is 6.08 Å². The number of benzene rings is 1. The minimum absolute atomic E-state index is 0.158. The number of hydrogen-bond donors (Lipinski definition) is 1. The van der Waals surface area contributed by atoms with E-state index in [4.69, 9.17) is 30.5 Å². The molecule has 0 fully saturated rings. The number of fused-ring (bicyclic) bond motifs is 1. The van der Waals surface area contributed by atoms with E-state index in [1.165, 1.54) is 29.1 Å². The van der Waals surface area contributed by atoms with Gasteiger partial charge in [0, 0.05) is 28.4 Å². The molecule has 0 amide bonds. The number of H-pyrrole nitrogens is 1. The summed E-state index contributed by atoms with van der Waals surface area (Å²) in [5, 5.41) is 1.24. The van der Waals surface area contributed by atoms with Gasteiger partial charge in [0.05, 0.1) is 34.0 Å². The second kappa shape index (κ2) is 13.1. The normalized spacial score (nSPS) is 14.9. The van der Waals surface area contributed by atoms with Crippen molar-refractivity contribution in [1.82, 2.24) is 14.5 Å². The van der Waals surface area contributed by atoms with Gasteiger partial charge in [-0.05, 0) is 72.2 Å². The molecule has 0 spiro atoms. The number of carbonyl (C=O) groups excluding carboxylic acids is 1. The lowest BCUT2D eigenvalue weighted by Gasteiger charge is -2.27. The first-order valence-corrected chi connectivity index (χ1v) is 16.0. The molecule has 4 aromatic rings. The number of nitrogens with zero attached hydrogens (tertiary/aromatic N) is 3. The molecule has 0 bridgehead atoms. The van der Waals surface area contributed by atoms with Gasteiger partial charge in [-0.3, -0.25) is 14.2 Å². The summed E-state index contributed by atoms with van der Waals surface area (Å²) in [4.78, 5) is 51.5. The number of allylic oxidation sites excluding steroid dienone is 1. The monoisotopic (exact) mass is 704 g/mol. The number of hydrogen-bond acceptors (Lipinski definition) is 10. The van der Waals surface area contributed by atoms with Gasteiger partial charge < -0.3 is 18.9 Å². The highest BCUT2D eigenvalue weighted by molar-refractivity contribution is 9.10. The molecule has 1 atom stereocenters. The van der Waals surface area contributed by atoms with Crippen LogP contribution in [-0.4, -0.2) is 34.2 Å². The molecule has 3 aromatic heterocycles. The SMILES string of the molecule is CCCC1=C(C(=O)OCC)[C@H](c2cc(Cl)ccc2OC)n2c(s/c(=C\c3cc(Br)c(Sc4nc(C)cc(=O)[nH]4)o3)c2=O)=N1. The van der Waals surface area contributed by atoms with Crippen LogP contribution >= 0.6 is 50.6 Å². The summed E-state index contributed by atoms with van der Waals surface area (Å²) in [6.45, 7) is 5.60. The Morgan fingerprint density at radius 3 is 2.77 bits per heavy atom. The quantitative estimate of drug-likeness (QED) is 0.187. The maximum atomic E-state index is 14.1. The van der Waals surface area contributed by atoms with Crippen molar-refractivity contribution in [2.75, 3.05) is 13.7 Å². The number of thiazole rings is 1. The number of aromatic nitrogens is 3. The molecule has 0 saturated heterocycles. The van der Waals surface area contributed by atoms with Crippen LogP contribution in [0.1, 0.15) is 49.7 Å². The van der Waals surface area contributed by atoms with Crippen molar-refractivity contribution in [2.24, 2.45) is 4.99 Å². The van der Waals surface area contributed by atoms with E-state index in [0.29, 0.717) is 64.0 Å². The smallest absolute Gasteiger partial charge is 0.338 e. The summed E-state index contributed by atoms with van der Waals surface area (Å²) in [6, 6.07) is 7.31. The maximum Gasteiger partial charge on any atom is 0.338 e. The molecule has 4 heterocycles. The van der Waals surface area contributed by atoms with E-state index in [1.807, 2.05) is 6.92 Å². The molecule has 224 valence electrons. The minimum atomic E-state index is -0.883. The van der Waals surface area contributed by atoms with Gasteiger partial charge in [-0.1, -0.05) is 36.3 Å². The Morgan fingerprint density at radius 2 is 2.07 bits per heavy atom. The molecule has 1 aliphatic rings. The molecule has 0 radical (unpaired) electrons. The lowest BCUT2D eigenvalue weighted by Crippen LogP contribution is -2.40. The summed E-state index contributed by atoms with van der Waals surface area (Å²) in [7, 11) is 1.52. The van der Waals surface area contributed by atoms with E-state index in [2.05, 4.69) is 25.9 Å². The molecule has 1 aromatic carbocycles. The predicted molar refractivity (Wildman–Crippen MR) is 168 cm³/mol. The molecule has 0 aliphatic carbocycles. The van der Waals surface area contributed by atoms with E-state index in [1.54, 1.807) is 44.2 Å². The third kappa shape index (κ3) is 6.44. The molecule has 1 aliphatic heterocycles. The Kier molecular flexibility index (Phi) is 9.45. The number of aryl methyl sites for hydroxylation is 1. The number of carbonyl (C=O) groups is 1. The number of ether oxygens (including phenoxy) is 2. The molecule has 0 saturated carbocycles. The van der Waals surface area contributed by atoms with Gasteiger partial charge in [0.2, 0.25) is 0 Å². The average molecular weight is 706 g/mol. The first kappa shape index (κ1) is 31.0. The lowest BCUT2D eigenvalue weighted by molar-refractivity contribution is -0.139. The Morgan fingerprint density at radius 1 is 1.28 bits per heavy atom. The van der Waals surface area contributed by atoms with Crippen molar-refractivity contribution >= 4 is 62.7 Å². The number of aromatic amines is 1. The first-order valence-electron chi connectivity index (χ1n) is 13.2. The number of rotatable bonds is 9. The summed E-state index contributed by atoms with van der Waals surface area (Å²) >= 11 is 12.2. The van der Waals surface area contributed by atoms with Gasteiger partial charge in [-0.25, -0.2) is 14.8 Å². The van der Waals surface area contributed by atoms with Gasteiger partial charge in [0.15, 0.2) is 15.1 Å². The summed E-state index contributed by atoms with van der Waals surface area (Å²) in [5.74, 6) is 0.295. The van der Waals surface area contributed by atoms with Crippen LogP contribution in [0.5, 0.6) is 5.75 Å². The molecule has 5 rings (SSSR count). The van der Waals surface area contributed by atoms with E-state index >= 15 is 0 Å². The molecule has 10 nitrogen and oxygen atoms in total. The summed E-state index contributed by atoms with van der Waals surface area (Å²) in [6.07, 6.45) is 2.84. The second-order valence-electron chi connectivity index (χ2n) is 9.38. The zero-order valence-corrected chi connectivity index (χ0v) is 27.5. The second-order valence-corrected chi connectivity index (χ2v) is 12.6. The highest BCUT2D eigenvalue weighted by Gasteiger charge is 2.36. The fraction of sp³-hybridized carbons (Fsp3) is 0.276. The van der Waals surface area contributed by atoms with Crippen LogP contribution < -0.4 is 25.2 Å². The minimum Gasteiger partial charge on any atom is -0.496 e. The Balaban J connectivity index is 1.68. The summed E-state index contributed by atoms with van der Waals surface area (Å²) < 4.78 is 19.5. The van der Waals surface area contributed by atoms with Gasteiger partial charge in [0.25, 0.3) is 11.1 Å². The largest absolute Gasteiger partial charge is 0.496 e. The number of methoxy groups -OCH3 is 1. The van der Waals surface area contributed by atoms with Crippen LogP contribution in [0.2, 0.25) is 5.02 Å². The molecule has 43 heavy (non-hydrogen) atoms. The van der Waals surface area contributed by atoms with Crippen molar-refractivity contribution in [1.29, 1.82) is 0 Å². The summed E-state index contributed by atoms with van der Waals surface area (Å²) in [5.41, 5.74) is 1.27. The van der Waals surface area contributed by atoms with Crippen LogP contribution in [0.15, 0.2) is 75.3 Å². The Hall–Kier alpha value is -3.39. The third-order valence-electron chi connectivity index (χ3n) is 6.36. The highest BCUT2D eigenvalue weighted by atomic mass is 79.9. The van der Waals surface area contributed by atoms with Crippen molar-refractivity contribution < 1.29 is 18.7 Å². The van der Waals surface area contributed by atoms with E-state index in [-0.39, 0.29) is 23.3 Å². The zero-order valence-electron chi connectivity index (χ0n) is 23.5. The van der Waals surface area contributed by atoms with E-state index < -0.39 is 12.0 Å². The first-order chi connectivity index (χ1) is 20.6. The van der Waals surface area contributed by atoms with Crippen molar-refractivity contribution in [2.45, 2.75) is 49.9 Å². The number of nitrogens with one attached hydrogen (secondary N) is 1. The van der Waals surface area contributed by atoms with Gasteiger partial charge >= 0.3 is 5.97 Å². The number of esters is 1. The molecule has 0 unspecified atom stereocenters.